The van der Waals surface area contributed by atoms with Gasteiger partial charge < -0.3 is 19.7 Å². The highest BCUT2D eigenvalue weighted by atomic mass is 32.1. The Morgan fingerprint density at radius 3 is 2.38 bits per heavy atom. The molecule has 0 aliphatic heterocycles. The molecule has 1 aromatic heterocycles. The molecule has 2 amide bonds. The lowest BCUT2D eigenvalue weighted by molar-refractivity contribution is 0.0520. The summed E-state index contributed by atoms with van der Waals surface area (Å²) in [6, 6.07) is 5.98. The molecule has 0 saturated carbocycles. The number of benzene rings is 1. The molecule has 0 fully saturated rings. The molecule has 7 nitrogen and oxygen atoms in total. The number of anilines is 1. The van der Waals surface area contributed by atoms with Crippen molar-refractivity contribution in [2.24, 2.45) is 0 Å². The number of thiazole rings is 1. The first-order valence-electron chi connectivity index (χ1n) is 11.1. The van der Waals surface area contributed by atoms with Gasteiger partial charge in [0.1, 0.15) is 5.01 Å². The Morgan fingerprint density at radius 1 is 1.16 bits per heavy atom. The first-order chi connectivity index (χ1) is 15.3. The van der Waals surface area contributed by atoms with E-state index in [1.165, 1.54) is 11.3 Å². The third-order valence-electron chi connectivity index (χ3n) is 5.03. The van der Waals surface area contributed by atoms with Gasteiger partial charge in [-0.15, -0.1) is 11.3 Å². The Labute approximate surface area is 195 Å². The van der Waals surface area contributed by atoms with Crippen LogP contribution in [-0.4, -0.2) is 48.8 Å². The maximum Gasteiger partial charge on any atom is 0.357 e. The van der Waals surface area contributed by atoms with Crippen molar-refractivity contribution in [3.8, 4) is 0 Å². The van der Waals surface area contributed by atoms with Gasteiger partial charge in [-0.3, -0.25) is 0 Å². The van der Waals surface area contributed by atoms with Crippen molar-refractivity contribution in [2.45, 2.75) is 59.4 Å². The molecule has 0 spiro atoms. The fourth-order valence-corrected chi connectivity index (χ4v) is 4.16. The molecule has 0 aliphatic carbocycles. The van der Waals surface area contributed by atoms with Crippen LogP contribution < -0.4 is 5.32 Å². The van der Waals surface area contributed by atoms with Crippen LogP contribution >= 0.6 is 11.3 Å². The van der Waals surface area contributed by atoms with E-state index in [-0.39, 0.29) is 23.6 Å². The summed E-state index contributed by atoms with van der Waals surface area (Å²) in [7, 11) is 1.64. The van der Waals surface area contributed by atoms with Gasteiger partial charge in [0.2, 0.25) is 0 Å². The number of esters is 1. The van der Waals surface area contributed by atoms with Gasteiger partial charge in [0.25, 0.3) is 0 Å². The number of hydrogen-bond acceptors (Lipinski definition) is 6. The van der Waals surface area contributed by atoms with Crippen molar-refractivity contribution in [3.63, 3.8) is 0 Å². The highest BCUT2D eigenvalue weighted by Crippen LogP contribution is 2.32. The first-order valence-corrected chi connectivity index (χ1v) is 12.0. The summed E-state index contributed by atoms with van der Waals surface area (Å²) in [5, 5.41) is 5.52. The van der Waals surface area contributed by atoms with Crippen molar-refractivity contribution >= 4 is 29.0 Å². The molecule has 32 heavy (non-hydrogen) atoms. The molecule has 0 atom stereocenters. The lowest BCUT2D eigenvalue weighted by atomic mass is 9.93. The Balaban J connectivity index is 2.26. The minimum Gasteiger partial charge on any atom is -0.461 e. The van der Waals surface area contributed by atoms with E-state index in [0.717, 1.165) is 16.8 Å². The van der Waals surface area contributed by atoms with Crippen LogP contribution in [0.1, 0.15) is 79.5 Å². The number of urea groups is 1. The zero-order valence-electron chi connectivity index (χ0n) is 19.9. The molecule has 0 bridgehead atoms. The maximum absolute atomic E-state index is 13.4. The third-order valence-corrected chi connectivity index (χ3v) is 5.86. The fourth-order valence-electron chi connectivity index (χ4n) is 3.38. The summed E-state index contributed by atoms with van der Waals surface area (Å²) in [5.41, 5.74) is 3.38. The summed E-state index contributed by atoms with van der Waals surface area (Å²) in [6.07, 6.45) is 0.697. The lowest BCUT2D eigenvalue weighted by Crippen LogP contribution is -2.36. The van der Waals surface area contributed by atoms with Crippen molar-refractivity contribution in [2.75, 3.05) is 32.2 Å². The highest BCUT2D eigenvalue weighted by molar-refractivity contribution is 7.09. The molecule has 2 aromatic rings. The number of ether oxygens (including phenoxy) is 2. The van der Waals surface area contributed by atoms with Crippen LogP contribution in [-0.2, 0) is 16.0 Å². The summed E-state index contributed by atoms with van der Waals surface area (Å²) < 4.78 is 10.2. The summed E-state index contributed by atoms with van der Waals surface area (Å²) >= 11 is 1.35. The third kappa shape index (κ3) is 7.03. The van der Waals surface area contributed by atoms with Gasteiger partial charge >= 0.3 is 12.0 Å². The minimum absolute atomic E-state index is 0.191. The van der Waals surface area contributed by atoms with Crippen LogP contribution in [0.2, 0.25) is 0 Å². The van der Waals surface area contributed by atoms with Gasteiger partial charge in [-0.1, -0.05) is 45.9 Å². The number of aromatic nitrogens is 1. The molecule has 176 valence electrons. The maximum atomic E-state index is 13.4. The number of nitrogens with one attached hydrogen (secondary N) is 1. The van der Waals surface area contributed by atoms with Gasteiger partial charge in [0, 0.05) is 31.3 Å². The number of hydrogen-bond donors (Lipinski definition) is 1. The second kappa shape index (κ2) is 12.6. The summed E-state index contributed by atoms with van der Waals surface area (Å²) in [6.45, 7) is 11.9. The van der Waals surface area contributed by atoms with Gasteiger partial charge in [-0.05, 0) is 36.3 Å². The number of para-hydroxylation sites is 1. The van der Waals surface area contributed by atoms with Gasteiger partial charge in [0.05, 0.1) is 13.2 Å². The van der Waals surface area contributed by atoms with Crippen molar-refractivity contribution in [1.82, 2.24) is 9.88 Å². The molecule has 0 unspecified atom stereocenters. The van der Waals surface area contributed by atoms with E-state index in [9.17, 15) is 9.59 Å². The molecule has 1 N–H and O–H groups in total. The minimum atomic E-state index is -0.446. The molecule has 8 heteroatoms. The van der Waals surface area contributed by atoms with Gasteiger partial charge in [0.15, 0.2) is 5.69 Å². The number of carbonyl (C=O) groups excluding carboxylic acids is 2. The number of nitrogens with zero attached hydrogens (tertiary/aromatic N) is 2. The SMILES string of the molecule is CCOC(=O)c1csc(CN(CCCOC)C(=O)Nc2c(C(C)C)cccc2C(C)C)n1. The average Bonchev–Trinajstić information content (AvgIpc) is 3.22. The van der Waals surface area contributed by atoms with Crippen LogP contribution in [0.4, 0.5) is 10.5 Å². The molecular formula is C24H35N3O4S. The van der Waals surface area contributed by atoms with Crippen molar-refractivity contribution < 1.29 is 19.1 Å². The fraction of sp³-hybridized carbons (Fsp3) is 0.542. The van der Waals surface area contributed by atoms with Crippen molar-refractivity contribution in [3.05, 3.63) is 45.4 Å². The predicted octanol–water partition coefficient (Wildman–Crippen LogP) is 5.64. The van der Waals surface area contributed by atoms with Crippen LogP contribution in [0.5, 0.6) is 0 Å². The number of methoxy groups -OCH3 is 1. The van der Waals surface area contributed by atoms with E-state index in [4.69, 9.17) is 9.47 Å². The molecule has 1 heterocycles. The quantitative estimate of drug-likeness (QED) is 0.346. The van der Waals surface area contributed by atoms with E-state index in [1.807, 2.05) is 6.07 Å². The van der Waals surface area contributed by atoms with Crippen LogP contribution in [0.3, 0.4) is 0 Å². The molecule has 0 radical (unpaired) electrons. The lowest BCUT2D eigenvalue weighted by Gasteiger charge is -2.25. The number of carbonyl (C=O) groups is 2. The van der Waals surface area contributed by atoms with Crippen LogP contribution in [0.25, 0.3) is 0 Å². The molecule has 1 aromatic carbocycles. The largest absolute Gasteiger partial charge is 0.461 e. The van der Waals surface area contributed by atoms with Crippen molar-refractivity contribution in [1.29, 1.82) is 0 Å². The summed E-state index contributed by atoms with van der Waals surface area (Å²) in [5.74, 6) is 0.104. The molecule has 0 saturated heterocycles. The average molecular weight is 462 g/mol. The Kier molecular flexibility index (Phi) is 10.1. The van der Waals surface area contributed by atoms with Crippen LogP contribution in [0.15, 0.2) is 23.6 Å². The second-order valence-corrected chi connectivity index (χ2v) is 9.11. The smallest absolute Gasteiger partial charge is 0.357 e. The number of rotatable bonds is 11. The standard InChI is InChI=1S/C24H35N3O4S/c1-7-31-23(28)20-15-32-21(25-20)14-27(12-9-13-30-6)24(29)26-22-18(16(2)3)10-8-11-19(22)17(4)5/h8,10-11,15-17H,7,9,12-14H2,1-6H3,(H,26,29). The molecule has 2 rings (SSSR count). The molecular weight excluding hydrogens is 426 g/mol. The van der Waals surface area contributed by atoms with E-state index >= 15 is 0 Å². The van der Waals surface area contributed by atoms with E-state index in [1.54, 1.807) is 24.3 Å². The zero-order chi connectivity index (χ0) is 23.7. The predicted molar refractivity (Wildman–Crippen MR) is 129 cm³/mol. The Morgan fingerprint density at radius 2 is 1.81 bits per heavy atom. The van der Waals surface area contributed by atoms with Crippen LogP contribution in [0, 0.1) is 0 Å². The zero-order valence-corrected chi connectivity index (χ0v) is 20.8. The van der Waals surface area contributed by atoms with E-state index in [0.29, 0.717) is 37.7 Å². The molecule has 0 aliphatic rings. The first kappa shape index (κ1) is 25.8. The Hall–Kier alpha value is -2.45. The Bertz CT molecular complexity index is 869. The normalized spacial score (nSPS) is 11.1. The number of amides is 2. The van der Waals surface area contributed by atoms with Gasteiger partial charge in [-0.2, -0.15) is 0 Å². The topological polar surface area (TPSA) is 80.8 Å². The highest BCUT2D eigenvalue weighted by Gasteiger charge is 2.21. The van der Waals surface area contributed by atoms with E-state index in [2.05, 4.69) is 50.1 Å². The van der Waals surface area contributed by atoms with Gasteiger partial charge in [-0.25, -0.2) is 14.6 Å². The second-order valence-electron chi connectivity index (χ2n) is 8.17. The summed E-state index contributed by atoms with van der Waals surface area (Å²) in [4.78, 5) is 31.4. The monoisotopic (exact) mass is 461 g/mol. The van der Waals surface area contributed by atoms with E-state index < -0.39 is 5.97 Å².